The SMILES string of the molecule is COc1ccc(C(=O)NNC(=O)c2ccc3ccccc3n2)cc1S(=O)(=O)N1CCCCC1C. The molecule has 178 valence electrons. The fourth-order valence-corrected chi connectivity index (χ4v) is 5.90. The molecule has 2 N–H and O–H groups in total. The number of rotatable bonds is 5. The van der Waals surface area contributed by atoms with Gasteiger partial charge in [-0.3, -0.25) is 20.4 Å². The molecule has 34 heavy (non-hydrogen) atoms. The molecule has 1 aliphatic heterocycles. The highest BCUT2D eigenvalue weighted by Crippen LogP contribution is 2.31. The van der Waals surface area contributed by atoms with Crippen molar-refractivity contribution in [3.63, 3.8) is 0 Å². The lowest BCUT2D eigenvalue weighted by Gasteiger charge is -2.32. The van der Waals surface area contributed by atoms with Gasteiger partial charge in [-0.1, -0.05) is 30.7 Å². The largest absolute Gasteiger partial charge is 0.495 e. The Morgan fingerprint density at radius 1 is 1.03 bits per heavy atom. The summed E-state index contributed by atoms with van der Waals surface area (Å²) in [5.41, 5.74) is 5.50. The average Bonchev–Trinajstić information content (AvgIpc) is 2.86. The molecule has 3 aromatic rings. The van der Waals surface area contributed by atoms with E-state index in [1.54, 1.807) is 18.2 Å². The third kappa shape index (κ3) is 4.73. The van der Waals surface area contributed by atoms with Crippen LogP contribution >= 0.6 is 0 Å². The summed E-state index contributed by atoms with van der Waals surface area (Å²) in [5.74, 6) is -1.11. The molecule has 0 bridgehead atoms. The van der Waals surface area contributed by atoms with E-state index < -0.39 is 21.8 Å². The molecule has 1 aromatic heterocycles. The molecule has 0 saturated carbocycles. The second-order valence-corrected chi connectivity index (χ2v) is 9.98. The van der Waals surface area contributed by atoms with Gasteiger partial charge in [-0.25, -0.2) is 13.4 Å². The Balaban J connectivity index is 1.52. The number of aromatic nitrogens is 1. The number of para-hydroxylation sites is 1. The normalized spacial score (nSPS) is 16.7. The molecule has 0 radical (unpaired) electrons. The quantitative estimate of drug-likeness (QED) is 0.540. The van der Waals surface area contributed by atoms with Crippen LogP contribution in [0.3, 0.4) is 0 Å². The number of pyridine rings is 1. The topological polar surface area (TPSA) is 118 Å². The highest BCUT2D eigenvalue weighted by molar-refractivity contribution is 7.89. The van der Waals surface area contributed by atoms with Gasteiger partial charge < -0.3 is 4.74 Å². The molecule has 0 spiro atoms. The van der Waals surface area contributed by atoms with Gasteiger partial charge in [-0.05, 0) is 50.1 Å². The number of hydrogen-bond donors (Lipinski definition) is 2. The number of piperidine rings is 1. The van der Waals surface area contributed by atoms with E-state index in [1.165, 1.54) is 29.6 Å². The molecule has 2 heterocycles. The molecule has 0 aliphatic carbocycles. The first-order chi connectivity index (χ1) is 16.3. The lowest BCUT2D eigenvalue weighted by Crippen LogP contribution is -2.43. The van der Waals surface area contributed by atoms with Gasteiger partial charge in [0.25, 0.3) is 11.8 Å². The fraction of sp³-hybridized carbons (Fsp3) is 0.292. The maximum Gasteiger partial charge on any atom is 0.288 e. The van der Waals surface area contributed by atoms with Crippen molar-refractivity contribution in [2.75, 3.05) is 13.7 Å². The molecular formula is C24H26N4O5S. The number of nitrogens with zero attached hydrogens (tertiary/aromatic N) is 2. The number of ether oxygens (including phenoxy) is 1. The van der Waals surface area contributed by atoms with Crippen LogP contribution < -0.4 is 15.6 Å². The van der Waals surface area contributed by atoms with Gasteiger partial charge in [-0.15, -0.1) is 0 Å². The Hall–Kier alpha value is -3.50. The summed E-state index contributed by atoms with van der Waals surface area (Å²) in [6.45, 7) is 2.29. The molecule has 4 rings (SSSR count). The van der Waals surface area contributed by atoms with Crippen LogP contribution in [0.25, 0.3) is 10.9 Å². The monoisotopic (exact) mass is 482 g/mol. The Kier molecular flexibility index (Phi) is 6.80. The zero-order chi connectivity index (χ0) is 24.3. The van der Waals surface area contributed by atoms with E-state index >= 15 is 0 Å². The van der Waals surface area contributed by atoms with Crippen LogP contribution in [-0.2, 0) is 10.0 Å². The van der Waals surface area contributed by atoms with Crippen molar-refractivity contribution in [3.05, 3.63) is 65.9 Å². The third-order valence-corrected chi connectivity index (χ3v) is 7.91. The van der Waals surface area contributed by atoms with Gasteiger partial charge in [0, 0.05) is 23.5 Å². The zero-order valence-electron chi connectivity index (χ0n) is 18.9. The maximum absolute atomic E-state index is 13.3. The van der Waals surface area contributed by atoms with Crippen LogP contribution in [0.1, 0.15) is 47.0 Å². The third-order valence-electron chi connectivity index (χ3n) is 5.88. The highest BCUT2D eigenvalue weighted by Gasteiger charge is 2.33. The lowest BCUT2D eigenvalue weighted by molar-refractivity contribution is 0.0844. The first-order valence-electron chi connectivity index (χ1n) is 11.0. The Bertz CT molecular complexity index is 1340. The number of sulfonamides is 1. The van der Waals surface area contributed by atoms with Crippen molar-refractivity contribution in [2.45, 2.75) is 37.1 Å². The smallest absolute Gasteiger partial charge is 0.288 e. The van der Waals surface area contributed by atoms with Crippen molar-refractivity contribution in [1.29, 1.82) is 0 Å². The number of hydrazine groups is 1. The minimum atomic E-state index is -3.87. The number of fused-ring (bicyclic) bond motifs is 1. The van der Waals surface area contributed by atoms with Crippen LogP contribution in [0.15, 0.2) is 59.5 Å². The zero-order valence-corrected chi connectivity index (χ0v) is 19.8. The summed E-state index contributed by atoms with van der Waals surface area (Å²) in [6.07, 6.45) is 2.52. The maximum atomic E-state index is 13.3. The average molecular weight is 483 g/mol. The molecule has 1 saturated heterocycles. The molecule has 2 aromatic carbocycles. The number of benzene rings is 2. The summed E-state index contributed by atoms with van der Waals surface area (Å²) in [4.78, 5) is 29.4. The van der Waals surface area contributed by atoms with E-state index in [1.807, 2.05) is 25.1 Å². The fourth-order valence-electron chi connectivity index (χ4n) is 4.02. The van der Waals surface area contributed by atoms with Crippen LogP contribution in [0.5, 0.6) is 5.75 Å². The molecule has 1 aliphatic rings. The number of methoxy groups -OCH3 is 1. The van der Waals surface area contributed by atoms with Crippen LogP contribution in [0, 0.1) is 0 Å². The van der Waals surface area contributed by atoms with E-state index in [4.69, 9.17) is 4.74 Å². The Morgan fingerprint density at radius 3 is 2.56 bits per heavy atom. The van der Waals surface area contributed by atoms with Crippen molar-refractivity contribution in [1.82, 2.24) is 20.1 Å². The standard InChI is InChI=1S/C24H26N4O5S/c1-16-7-5-6-14-28(16)34(31,32)22-15-18(11-13-21(22)33-2)23(29)26-27-24(30)20-12-10-17-8-3-4-9-19(17)25-20/h3-4,8-13,15-16H,5-7,14H2,1-2H3,(H,26,29)(H,27,30). The molecule has 9 nitrogen and oxygen atoms in total. The number of hydrogen-bond acceptors (Lipinski definition) is 6. The summed E-state index contributed by atoms with van der Waals surface area (Å²) in [6, 6.07) is 14.7. The number of carbonyl (C=O) groups excluding carboxylic acids is 2. The first kappa shape index (κ1) is 23.7. The van der Waals surface area contributed by atoms with Gasteiger partial charge in [-0.2, -0.15) is 4.31 Å². The van der Waals surface area contributed by atoms with Crippen molar-refractivity contribution in [2.24, 2.45) is 0 Å². The number of amides is 2. The van der Waals surface area contributed by atoms with Crippen LogP contribution in [0.4, 0.5) is 0 Å². The Morgan fingerprint density at radius 2 is 1.79 bits per heavy atom. The summed E-state index contributed by atoms with van der Waals surface area (Å²) < 4.78 is 33.4. The van der Waals surface area contributed by atoms with E-state index in [0.717, 1.165) is 24.6 Å². The van der Waals surface area contributed by atoms with E-state index in [2.05, 4.69) is 15.8 Å². The van der Waals surface area contributed by atoms with Gasteiger partial charge in [0.15, 0.2) is 0 Å². The minimum absolute atomic E-state index is 0.0656. The van der Waals surface area contributed by atoms with Gasteiger partial charge in [0.2, 0.25) is 10.0 Å². The summed E-state index contributed by atoms with van der Waals surface area (Å²) >= 11 is 0. The van der Waals surface area contributed by atoms with Gasteiger partial charge in [0.05, 0.1) is 12.6 Å². The number of nitrogens with one attached hydrogen (secondary N) is 2. The predicted octanol–water partition coefficient (Wildman–Crippen LogP) is 2.88. The molecule has 10 heteroatoms. The van der Waals surface area contributed by atoms with E-state index in [-0.39, 0.29) is 27.9 Å². The van der Waals surface area contributed by atoms with E-state index in [0.29, 0.717) is 12.1 Å². The minimum Gasteiger partial charge on any atom is -0.495 e. The summed E-state index contributed by atoms with van der Waals surface area (Å²) in [7, 11) is -2.49. The first-order valence-corrected chi connectivity index (χ1v) is 12.4. The second kappa shape index (κ2) is 9.78. The molecule has 1 fully saturated rings. The van der Waals surface area contributed by atoms with Crippen LogP contribution in [-0.4, -0.2) is 49.2 Å². The van der Waals surface area contributed by atoms with Crippen molar-refractivity contribution < 1.29 is 22.7 Å². The Labute approximate surface area is 198 Å². The molecule has 1 atom stereocenters. The molecule has 1 unspecified atom stereocenters. The highest BCUT2D eigenvalue weighted by atomic mass is 32.2. The summed E-state index contributed by atoms with van der Waals surface area (Å²) in [5, 5.41) is 0.887. The van der Waals surface area contributed by atoms with Crippen LogP contribution in [0.2, 0.25) is 0 Å². The molecule has 2 amide bonds. The van der Waals surface area contributed by atoms with Crippen molar-refractivity contribution >= 4 is 32.7 Å². The second-order valence-electron chi connectivity index (χ2n) is 8.12. The van der Waals surface area contributed by atoms with Gasteiger partial charge >= 0.3 is 0 Å². The lowest BCUT2D eigenvalue weighted by atomic mass is 10.1. The van der Waals surface area contributed by atoms with Gasteiger partial charge in [0.1, 0.15) is 16.3 Å². The van der Waals surface area contributed by atoms with Crippen molar-refractivity contribution in [3.8, 4) is 5.75 Å². The number of carbonyl (C=O) groups is 2. The molecular weight excluding hydrogens is 456 g/mol. The van der Waals surface area contributed by atoms with E-state index in [9.17, 15) is 18.0 Å². The predicted molar refractivity (Wildman–Crippen MR) is 127 cm³/mol.